The zero-order valence-corrected chi connectivity index (χ0v) is 16.8. The molecule has 2 saturated heterocycles. The predicted molar refractivity (Wildman–Crippen MR) is 104 cm³/mol. The van der Waals surface area contributed by atoms with Gasteiger partial charge in [-0.2, -0.15) is 0 Å². The molecule has 2 aliphatic heterocycles. The third-order valence-corrected chi connectivity index (χ3v) is 5.04. The van der Waals surface area contributed by atoms with E-state index in [0.717, 1.165) is 97.5 Å². The van der Waals surface area contributed by atoms with E-state index in [2.05, 4.69) is 9.80 Å². The first-order valence-corrected chi connectivity index (χ1v) is 10.4. The van der Waals surface area contributed by atoms with E-state index in [1.54, 1.807) is 0 Å². The molecule has 2 aliphatic rings. The van der Waals surface area contributed by atoms with E-state index in [1.807, 2.05) is 0 Å². The van der Waals surface area contributed by atoms with E-state index < -0.39 is 11.9 Å². The fraction of sp³-hybridized carbons (Fsp3) is 0.800. The Balaban J connectivity index is 1.59. The molecular formula is C20H34N2O6. The Morgan fingerprint density at radius 1 is 0.857 bits per heavy atom. The third-order valence-electron chi connectivity index (χ3n) is 5.04. The number of carboxylic acids is 1. The van der Waals surface area contributed by atoms with Gasteiger partial charge in [-0.05, 0) is 45.2 Å². The first kappa shape index (κ1) is 22.8. The Hall–Kier alpha value is -1.48. The van der Waals surface area contributed by atoms with Gasteiger partial charge in [0.05, 0.1) is 33.0 Å². The topological polar surface area (TPSA) is 88.5 Å². The van der Waals surface area contributed by atoms with E-state index in [-0.39, 0.29) is 5.57 Å². The van der Waals surface area contributed by atoms with E-state index >= 15 is 0 Å². The van der Waals surface area contributed by atoms with Gasteiger partial charge in [0.25, 0.3) is 0 Å². The fourth-order valence-corrected chi connectivity index (χ4v) is 3.40. The summed E-state index contributed by atoms with van der Waals surface area (Å²) < 4.78 is 15.9. The first-order chi connectivity index (χ1) is 13.6. The third kappa shape index (κ3) is 9.64. The van der Waals surface area contributed by atoms with Gasteiger partial charge in [-0.25, -0.2) is 9.59 Å². The molecule has 0 radical (unpaired) electrons. The van der Waals surface area contributed by atoms with Crippen molar-refractivity contribution in [3.05, 3.63) is 11.6 Å². The molecule has 0 unspecified atom stereocenters. The summed E-state index contributed by atoms with van der Waals surface area (Å²) in [6, 6.07) is 0. The standard InChI is InChI=1S/C20H34N2O6/c23-19(24)17-18(5-4-7-22-10-15-27-16-11-22)20(25)28-12-3-1-2-6-21-8-13-26-14-9-21/h17H,1-16H2,(H,23,24)/b18-17+. The first-order valence-electron chi connectivity index (χ1n) is 10.4. The Bertz CT molecular complexity index is 499. The Morgan fingerprint density at radius 3 is 2.00 bits per heavy atom. The maximum atomic E-state index is 12.2. The molecule has 0 aromatic carbocycles. The van der Waals surface area contributed by atoms with E-state index in [9.17, 15) is 9.59 Å². The summed E-state index contributed by atoms with van der Waals surface area (Å²) in [6.45, 7) is 9.02. The highest BCUT2D eigenvalue weighted by Gasteiger charge is 2.15. The van der Waals surface area contributed by atoms with Crippen molar-refractivity contribution < 1.29 is 28.9 Å². The summed E-state index contributed by atoms with van der Waals surface area (Å²) in [6.07, 6.45) is 4.98. The number of esters is 1. The minimum absolute atomic E-state index is 0.245. The van der Waals surface area contributed by atoms with Crippen LogP contribution in [0.1, 0.15) is 32.1 Å². The molecule has 0 aromatic heterocycles. The van der Waals surface area contributed by atoms with Crippen molar-refractivity contribution >= 4 is 11.9 Å². The normalized spacial score (nSPS) is 19.5. The average molecular weight is 399 g/mol. The number of nitrogens with zero attached hydrogens (tertiary/aromatic N) is 2. The molecule has 0 saturated carbocycles. The number of ether oxygens (including phenoxy) is 3. The fourth-order valence-electron chi connectivity index (χ4n) is 3.40. The Morgan fingerprint density at radius 2 is 1.43 bits per heavy atom. The van der Waals surface area contributed by atoms with Crippen molar-refractivity contribution in [3.8, 4) is 0 Å². The van der Waals surface area contributed by atoms with Crippen LogP contribution in [-0.4, -0.2) is 99.1 Å². The molecule has 0 aromatic rings. The number of carboxylic acid groups (broad SMARTS) is 1. The molecule has 160 valence electrons. The second-order valence-corrected chi connectivity index (χ2v) is 7.22. The van der Waals surface area contributed by atoms with Gasteiger partial charge in [0.1, 0.15) is 0 Å². The average Bonchev–Trinajstić information content (AvgIpc) is 2.71. The molecule has 8 nitrogen and oxygen atoms in total. The van der Waals surface area contributed by atoms with Crippen LogP contribution in [-0.2, 0) is 23.8 Å². The zero-order chi connectivity index (χ0) is 20.0. The summed E-state index contributed by atoms with van der Waals surface area (Å²) >= 11 is 0. The SMILES string of the molecule is O=C(O)/C=C(\CCCN1CCOCC1)C(=O)OCCCCCN1CCOCC1. The smallest absolute Gasteiger partial charge is 0.334 e. The monoisotopic (exact) mass is 398 g/mol. The van der Waals surface area contributed by atoms with Gasteiger partial charge in [-0.15, -0.1) is 0 Å². The molecule has 28 heavy (non-hydrogen) atoms. The molecule has 0 bridgehead atoms. The summed E-state index contributed by atoms with van der Waals surface area (Å²) in [4.78, 5) is 27.9. The minimum atomic E-state index is -1.11. The van der Waals surface area contributed by atoms with Crippen molar-refractivity contribution in [2.24, 2.45) is 0 Å². The molecule has 0 spiro atoms. The van der Waals surface area contributed by atoms with Crippen LogP contribution in [0.5, 0.6) is 0 Å². The maximum absolute atomic E-state index is 12.2. The lowest BCUT2D eigenvalue weighted by molar-refractivity contribution is -0.140. The zero-order valence-electron chi connectivity index (χ0n) is 16.8. The van der Waals surface area contributed by atoms with E-state index in [0.29, 0.717) is 13.0 Å². The second-order valence-electron chi connectivity index (χ2n) is 7.22. The van der Waals surface area contributed by atoms with Crippen molar-refractivity contribution in [1.82, 2.24) is 9.80 Å². The number of carbonyl (C=O) groups is 2. The molecule has 0 amide bonds. The van der Waals surface area contributed by atoms with Gasteiger partial charge in [-0.3, -0.25) is 9.80 Å². The van der Waals surface area contributed by atoms with E-state index in [4.69, 9.17) is 19.3 Å². The summed E-state index contributed by atoms with van der Waals surface area (Å²) in [5.41, 5.74) is 0.245. The molecule has 2 heterocycles. The summed E-state index contributed by atoms with van der Waals surface area (Å²) in [7, 11) is 0. The Labute approximate surface area is 167 Å². The van der Waals surface area contributed by atoms with Crippen molar-refractivity contribution in [1.29, 1.82) is 0 Å². The highest BCUT2D eigenvalue weighted by Crippen LogP contribution is 2.11. The van der Waals surface area contributed by atoms with Crippen molar-refractivity contribution in [2.45, 2.75) is 32.1 Å². The van der Waals surface area contributed by atoms with Gasteiger partial charge < -0.3 is 19.3 Å². The number of hydrogen-bond acceptors (Lipinski definition) is 7. The largest absolute Gasteiger partial charge is 0.478 e. The summed E-state index contributed by atoms with van der Waals surface area (Å²) in [5.74, 6) is -1.61. The number of morpholine rings is 2. The van der Waals surface area contributed by atoms with Crippen molar-refractivity contribution in [2.75, 3.05) is 72.3 Å². The van der Waals surface area contributed by atoms with Crippen LogP contribution in [0.3, 0.4) is 0 Å². The minimum Gasteiger partial charge on any atom is -0.478 e. The highest BCUT2D eigenvalue weighted by molar-refractivity contribution is 5.95. The van der Waals surface area contributed by atoms with Crippen LogP contribution in [0.25, 0.3) is 0 Å². The van der Waals surface area contributed by atoms with E-state index in [1.165, 1.54) is 0 Å². The summed E-state index contributed by atoms with van der Waals surface area (Å²) in [5, 5.41) is 9.02. The van der Waals surface area contributed by atoms with Gasteiger partial charge in [-0.1, -0.05) is 0 Å². The number of carbonyl (C=O) groups excluding carboxylic acids is 1. The van der Waals surface area contributed by atoms with Crippen LogP contribution < -0.4 is 0 Å². The van der Waals surface area contributed by atoms with Gasteiger partial charge >= 0.3 is 11.9 Å². The lowest BCUT2D eigenvalue weighted by atomic mass is 10.1. The lowest BCUT2D eigenvalue weighted by Gasteiger charge is -2.26. The molecular weight excluding hydrogens is 364 g/mol. The predicted octanol–water partition coefficient (Wildman–Crippen LogP) is 1.16. The number of hydrogen-bond donors (Lipinski definition) is 1. The van der Waals surface area contributed by atoms with Crippen molar-refractivity contribution in [3.63, 3.8) is 0 Å². The quantitative estimate of drug-likeness (QED) is 0.298. The number of aliphatic carboxylic acids is 1. The maximum Gasteiger partial charge on any atom is 0.334 e. The van der Waals surface area contributed by atoms with Crippen LogP contribution in [0.4, 0.5) is 0 Å². The number of rotatable bonds is 12. The second kappa shape index (κ2) is 13.7. The van der Waals surface area contributed by atoms with Crippen LogP contribution in [0, 0.1) is 0 Å². The molecule has 0 atom stereocenters. The molecule has 1 N–H and O–H groups in total. The highest BCUT2D eigenvalue weighted by atomic mass is 16.5. The lowest BCUT2D eigenvalue weighted by Crippen LogP contribution is -2.36. The number of unbranched alkanes of at least 4 members (excludes halogenated alkanes) is 2. The van der Waals surface area contributed by atoms with Crippen LogP contribution >= 0.6 is 0 Å². The molecule has 2 rings (SSSR count). The van der Waals surface area contributed by atoms with Gasteiger partial charge in [0.2, 0.25) is 0 Å². The van der Waals surface area contributed by atoms with Crippen LogP contribution in [0.15, 0.2) is 11.6 Å². The van der Waals surface area contributed by atoms with Crippen LogP contribution in [0.2, 0.25) is 0 Å². The molecule has 0 aliphatic carbocycles. The Kier molecular flexibility index (Phi) is 11.1. The molecule has 2 fully saturated rings. The van der Waals surface area contributed by atoms with Gasteiger partial charge in [0.15, 0.2) is 0 Å². The van der Waals surface area contributed by atoms with Gasteiger partial charge in [0, 0.05) is 37.8 Å². The molecule has 8 heteroatoms.